The van der Waals surface area contributed by atoms with Gasteiger partial charge in [-0.25, -0.2) is 4.98 Å². The number of nitrogens with zero attached hydrogens (tertiary/aromatic N) is 1. The van der Waals surface area contributed by atoms with E-state index in [4.69, 9.17) is 11.6 Å². The highest BCUT2D eigenvalue weighted by Crippen LogP contribution is 2.26. The fourth-order valence-corrected chi connectivity index (χ4v) is 4.45. The summed E-state index contributed by atoms with van der Waals surface area (Å²) < 4.78 is 0. The smallest absolute Gasteiger partial charge is 0.259 e. The van der Waals surface area contributed by atoms with Crippen molar-refractivity contribution in [3.63, 3.8) is 0 Å². The second kappa shape index (κ2) is 7.82. The molecule has 5 nitrogen and oxygen atoms in total. The van der Waals surface area contributed by atoms with Gasteiger partial charge in [0.15, 0.2) is 0 Å². The number of hydrogen-bond acceptors (Lipinski definition) is 5. The van der Waals surface area contributed by atoms with Crippen LogP contribution in [0.25, 0.3) is 10.2 Å². The van der Waals surface area contributed by atoms with Crippen LogP contribution in [-0.4, -0.2) is 21.1 Å². The summed E-state index contributed by atoms with van der Waals surface area (Å²) in [5.41, 5.74) is 1.52. The normalized spacial score (nSPS) is 12.3. The van der Waals surface area contributed by atoms with Crippen molar-refractivity contribution in [1.82, 2.24) is 9.97 Å². The number of carbonyl (C=O) groups is 1. The summed E-state index contributed by atoms with van der Waals surface area (Å²) in [6, 6.07) is 7.02. The topological polar surface area (TPSA) is 74.8 Å². The second-order valence-corrected chi connectivity index (χ2v) is 8.90. The van der Waals surface area contributed by atoms with E-state index < -0.39 is 0 Å². The Kier molecular flexibility index (Phi) is 5.70. The minimum Gasteiger partial charge on any atom is -0.325 e. The molecular formula is C18H18ClN3O2S2. The van der Waals surface area contributed by atoms with Gasteiger partial charge in [-0.05, 0) is 44.5 Å². The number of aromatic nitrogens is 2. The van der Waals surface area contributed by atoms with E-state index in [9.17, 15) is 9.59 Å². The Labute approximate surface area is 164 Å². The lowest BCUT2D eigenvalue weighted by molar-refractivity contribution is -0.115. The molecule has 3 rings (SSSR count). The van der Waals surface area contributed by atoms with Crippen LogP contribution in [0.5, 0.6) is 0 Å². The Morgan fingerprint density at radius 1 is 1.42 bits per heavy atom. The van der Waals surface area contributed by atoms with Crippen molar-refractivity contribution in [2.75, 3.05) is 5.32 Å². The summed E-state index contributed by atoms with van der Waals surface area (Å²) >= 11 is 8.86. The molecule has 1 aromatic carbocycles. The molecule has 0 aliphatic rings. The van der Waals surface area contributed by atoms with Crippen LogP contribution in [0.4, 0.5) is 5.69 Å². The summed E-state index contributed by atoms with van der Waals surface area (Å²) in [5, 5.41) is 3.76. The first-order chi connectivity index (χ1) is 12.3. The van der Waals surface area contributed by atoms with Gasteiger partial charge in [-0.1, -0.05) is 17.7 Å². The molecule has 0 unspecified atom stereocenters. The Morgan fingerprint density at radius 3 is 2.92 bits per heavy atom. The predicted octanol–water partition coefficient (Wildman–Crippen LogP) is 4.52. The maximum Gasteiger partial charge on any atom is 0.259 e. The van der Waals surface area contributed by atoms with E-state index in [0.29, 0.717) is 27.7 Å². The number of H-pyrrole nitrogens is 1. The van der Waals surface area contributed by atoms with Gasteiger partial charge in [0.2, 0.25) is 5.91 Å². The number of aryl methyl sites for hydroxylation is 2. The molecule has 0 bridgehead atoms. The second-order valence-electron chi connectivity index (χ2n) is 5.93. The van der Waals surface area contributed by atoms with Crippen molar-refractivity contribution in [2.24, 2.45) is 0 Å². The van der Waals surface area contributed by atoms with Crippen LogP contribution in [0.2, 0.25) is 5.02 Å². The lowest BCUT2D eigenvalue weighted by Gasteiger charge is -2.12. The molecule has 0 saturated heterocycles. The first-order valence-electron chi connectivity index (χ1n) is 8.02. The standard InChI is InChI=1S/C18H18ClN3O2S2/c1-9-10(2)26-18-15(9)17(24)21-14(22-18)8-25-11(3)16(23)20-13-6-4-5-12(19)7-13/h4-7,11H,8H2,1-3H3,(H,20,23)(H,21,22,24)/t11-/m0/s1. The number of amides is 1. The number of benzene rings is 1. The van der Waals surface area contributed by atoms with Crippen LogP contribution >= 0.6 is 34.7 Å². The zero-order valence-corrected chi connectivity index (χ0v) is 16.9. The summed E-state index contributed by atoms with van der Waals surface area (Å²) in [5.74, 6) is 0.908. The third-order valence-corrected chi connectivity index (χ3v) is 6.51. The van der Waals surface area contributed by atoms with E-state index in [0.717, 1.165) is 15.3 Å². The van der Waals surface area contributed by atoms with Crippen molar-refractivity contribution < 1.29 is 4.79 Å². The highest BCUT2D eigenvalue weighted by Gasteiger charge is 2.16. The number of aromatic amines is 1. The Hall–Kier alpha value is -1.83. The van der Waals surface area contributed by atoms with E-state index in [1.54, 1.807) is 24.3 Å². The number of anilines is 1. The molecule has 0 saturated carbocycles. The number of nitrogens with one attached hydrogen (secondary N) is 2. The Bertz CT molecular complexity index is 1030. The Morgan fingerprint density at radius 2 is 2.19 bits per heavy atom. The van der Waals surface area contributed by atoms with E-state index in [1.165, 1.54) is 23.1 Å². The van der Waals surface area contributed by atoms with Crippen LogP contribution in [-0.2, 0) is 10.5 Å². The molecule has 0 radical (unpaired) electrons. The molecule has 1 amide bonds. The lowest BCUT2D eigenvalue weighted by atomic mass is 10.2. The molecule has 2 N–H and O–H groups in total. The highest BCUT2D eigenvalue weighted by atomic mass is 35.5. The van der Waals surface area contributed by atoms with E-state index >= 15 is 0 Å². The molecule has 0 aliphatic heterocycles. The zero-order valence-electron chi connectivity index (χ0n) is 14.6. The van der Waals surface area contributed by atoms with Crippen LogP contribution in [0.15, 0.2) is 29.1 Å². The van der Waals surface area contributed by atoms with Gasteiger partial charge in [0.1, 0.15) is 10.7 Å². The molecule has 0 spiro atoms. The van der Waals surface area contributed by atoms with Crippen LogP contribution in [0.3, 0.4) is 0 Å². The third kappa shape index (κ3) is 4.11. The fraction of sp³-hybridized carbons (Fsp3) is 0.278. The molecule has 2 heterocycles. The number of carbonyl (C=O) groups excluding carboxylic acids is 1. The maximum atomic E-state index is 12.3. The number of fused-ring (bicyclic) bond motifs is 1. The minimum absolute atomic E-state index is 0.122. The molecular weight excluding hydrogens is 390 g/mol. The molecule has 136 valence electrons. The summed E-state index contributed by atoms with van der Waals surface area (Å²) in [6.07, 6.45) is 0. The van der Waals surface area contributed by atoms with E-state index in [-0.39, 0.29) is 16.7 Å². The quantitative estimate of drug-likeness (QED) is 0.652. The molecule has 2 aromatic heterocycles. The van der Waals surface area contributed by atoms with Crippen molar-refractivity contribution in [2.45, 2.75) is 31.8 Å². The van der Waals surface area contributed by atoms with Gasteiger partial charge in [0.25, 0.3) is 5.56 Å². The molecule has 1 atom stereocenters. The number of hydrogen-bond donors (Lipinski definition) is 2. The van der Waals surface area contributed by atoms with Crippen molar-refractivity contribution >= 4 is 56.5 Å². The van der Waals surface area contributed by atoms with Crippen LogP contribution in [0, 0.1) is 13.8 Å². The fourth-order valence-electron chi connectivity index (χ4n) is 2.46. The molecule has 0 fully saturated rings. The number of thiophene rings is 1. The number of rotatable bonds is 5. The monoisotopic (exact) mass is 407 g/mol. The van der Waals surface area contributed by atoms with E-state index in [1.807, 2.05) is 20.8 Å². The van der Waals surface area contributed by atoms with Crippen molar-refractivity contribution in [3.05, 3.63) is 55.9 Å². The molecule has 8 heteroatoms. The average Bonchev–Trinajstić information content (AvgIpc) is 2.87. The molecule has 0 aliphatic carbocycles. The molecule has 26 heavy (non-hydrogen) atoms. The zero-order chi connectivity index (χ0) is 18.8. The summed E-state index contributed by atoms with van der Waals surface area (Å²) in [7, 11) is 0. The van der Waals surface area contributed by atoms with Crippen LogP contribution in [0.1, 0.15) is 23.2 Å². The third-order valence-electron chi connectivity index (χ3n) is 4.02. The van der Waals surface area contributed by atoms with Gasteiger partial charge in [-0.3, -0.25) is 9.59 Å². The average molecular weight is 408 g/mol. The van der Waals surface area contributed by atoms with Gasteiger partial charge >= 0.3 is 0 Å². The first kappa shape index (κ1) is 18.9. The van der Waals surface area contributed by atoms with Gasteiger partial charge in [0.05, 0.1) is 16.4 Å². The first-order valence-corrected chi connectivity index (χ1v) is 10.3. The van der Waals surface area contributed by atoms with E-state index in [2.05, 4.69) is 15.3 Å². The predicted molar refractivity (Wildman–Crippen MR) is 111 cm³/mol. The molecule has 3 aromatic rings. The minimum atomic E-state index is -0.304. The van der Waals surface area contributed by atoms with Crippen LogP contribution < -0.4 is 10.9 Å². The SMILES string of the molecule is Cc1sc2nc(CS[C@@H](C)C(=O)Nc3cccc(Cl)c3)[nH]c(=O)c2c1C. The van der Waals surface area contributed by atoms with Crippen molar-refractivity contribution in [1.29, 1.82) is 0 Å². The van der Waals surface area contributed by atoms with Gasteiger partial charge in [-0.2, -0.15) is 0 Å². The number of halogens is 1. The van der Waals surface area contributed by atoms with Gasteiger partial charge in [-0.15, -0.1) is 23.1 Å². The largest absolute Gasteiger partial charge is 0.325 e. The van der Waals surface area contributed by atoms with Crippen molar-refractivity contribution in [3.8, 4) is 0 Å². The highest BCUT2D eigenvalue weighted by molar-refractivity contribution is 7.99. The lowest BCUT2D eigenvalue weighted by Crippen LogP contribution is -2.23. The summed E-state index contributed by atoms with van der Waals surface area (Å²) in [6.45, 7) is 5.74. The Balaban J connectivity index is 1.67. The van der Waals surface area contributed by atoms with Gasteiger partial charge in [0, 0.05) is 15.6 Å². The summed E-state index contributed by atoms with van der Waals surface area (Å²) in [4.78, 5) is 33.8. The van der Waals surface area contributed by atoms with Gasteiger partial charge < -0.3 is 10.3 Å². The maximum absolute atomic E-state index is 12.3. The number of thioether (sulfide) groups is 1.